The molecule has 2 aliphatic heterocycles. The highest BCUT2D eigenvalue weighted by atomic mass is 16.5. The zero-order valence-electron chi connectivity index (χ0n) is 18.0. The molecule has 2 aromatic rings. The first-order valence-electron chi connectivity index (χ1n) is 12.1. The third kappa shape index (κ3) is 2.11. The summed E-state index contributed by atoms with van der Waals surface area (Å²) in [6.45, 7) is 2.57. The summed E-state index contributed by atoms with van der Waals surface area (Å²) in [5.41, 5.74) is 5.02. The number of nitrogens with zero attached hydrogens (tertiary/aromatic N) is 1. The molecule has 3 aliphatic carbocycles. The van der Waals surface area contributed by atoms with Gasteiger partial charge in [0.15, 0.2) is 0 Å². The van der Waals surface area contributed by atoms with E-state index in [4.69, 9.17) is 4.74 Å². The molecule has 1 unspecified atom stereocenters. The van der Waals surface area contributed by atoms with Crippen LogP contribution in [0.4, 0.5) is 0 Å². The van der Waals surface area contributed by atoms with Gasteiger partial charge < -0.3 is 4.74 Å². The summed E-state index contributed by atoms with van der Waals surface area (Å²) in [5, 5.41) is 2.57. The largest absolute Gasteiger partial charge is 0.359 e. The Morgan fingerprint density at radius 1 is 1.03 bits per heavy atom. The molecule has 1 aromatic heterocycles. The Hall–Kier alpha value is -1.93. The van der Waals surface area contributed by atoms with Gasteiger partial charge in [-0.25, -0.2) is 0 Å². The molecule has 2 bridgehead atoms. The molecule has 2 nitrogen and oxygen atoms in total. The molecule has 0 radical (unpaired) electrons. The van der Waals surface area contributed by atoms with Crippen LogP contribution in [0.15, 0.2) is 60.0 Å². The molecule has 5 aliphatic rings. The van der Waals surface area contributed by atoms with Gasteiger partial charge in [-0.05, 0) is 109 Å². The SMILES string of the molecule is CC12CC=C3C=C4CCCC[C@]45CC[C@]3(O5)[C@@H]1CC[C@@H]2c1ccc2ccncc2c1. The van der Waals surface area contributed by atoms with Gasteiger partial charge in [0.25, 0.3) is 0 Å². The summed E-state index contributed by atoms with van der Waals surface area (Å²) < 4.78 is 7.27. The van der Waals surface area contributed by atoms with Crippen LogP contribution in [0.1, 0.15) is 76.2 Å². The molecule has 5 atom stereocenters. The number of rotatable bonds is 1. The van der Waals surface area contributed by atoms with Gasteiger partial charge in [0.05, 0.1) is 11.2 Å². The average molecular weight is 398 g/mol. The van der Waals surface area contributed by atoms with Crippen LogP contribution < -0.4 is 0 Å². The van der Waals surface area contributed by atoms with Gasteiger partial charge in [0.2, 0.25) is 0 Å². The number of hydrogen-bond donors (Lipinski definition) is 0. The summed E-state index contributed by atoms with van der Waals surface area (Å²) in [5.74, 6) is 1.25. The predicted molar refractivity (Wildman–Crippen MR) is 120 cm³/mol. The van der Waals surface area contributed by atoms with Crippen molar-refractivity contribution in [1.29, 1.82) is 0 Å². The fourth-order valence-electron chi connectivity index (χ4n) is 8.23. The minimum Gasteiger partial charge on any atom is -0.359 e. The monoisotopic (exact) mass is 397 g/mol. The van der Waals surface area contributed by atoms with E-state index in [0.29, 0.717) is 11.8 Å². The third-order valence-corrected chi connectivity index (χ3v) is 9.69. The van der Waals surface area contributed by atoms with Crippen LogP contribution in [-0.2, 0) is 4.74 Å². The van der Waals surface area contributed by atoms with E-state index >= 15 is 0 Å². The van der Waals surface area contributed by atoms with Crippen LogP contribution in [0.5, 0.6) is 0 Å². The second-order valence-electron chi connectivity index (χ2n) is 10.9. The first kappa shape index (κ1) is 17.7. The highest BCUT2D eigenvalue weighted by molar-refractivity contribution is 5.82. The van der Waals surface area contributed by atoms with E-state index < -0.39 is 0 Å². The third-order valence-electron chi connectivity index (χ3n) is 9.69. The molecule has 2 heteroatoms. The predicted octanol–water partition coefficient (Wildman–Crippen LogP) is 6.87. The van der Waals surface area contributed by atoms with E-state index in [1.54, 1.807) is 11.1 Å². The molecule has 30 heavy (non-hydrogen) atoms. The van der Waals surface area contributed by atoms with E-state index in [-0.39, 0.29) is 16.6 Å². The summed E-state index contributed by atoms with van der Waals surface area (Å²) in [7, 11) is 0. The second-order valence-corrected chi connectivity index (χ2v) is 10.9. The molecule has 3 fully saturated rings. The van der Waals surface area contributed by atoms with Crippen molar-refractivity contribution in [1.82, 2.24) is 4.98 Å². The van der Waals surface area contributed by atoms with Crippen LogP contribution in [-0.4, -0.2) is 16.2 Å². The lowest BCUT2D eigenvalue weighted by atomic mass is 9.58. The van der Waals surface area contributed by atoms with Gasteiger partial charge in [-0.2, -0.15) is 0 Å². The molecule has 1 aromatic carbocycles. The number of aromatic nitrogens is 1. The Balaban J connectivity index is 1.32. The average Bonchev–Trinajstić information content (AvgIpc) is 3.29. The molecular weight excluding hydrogens is 366 g/mol. The lowest BCUT2D eigenvalue weighted by Crippen LogP contribution is -2.53. The van der Waals surface area contributed by atoms with Gasteiger partial charge in [0.1, 0.15) is 0 Å². The number of ether oxygens (including phenoxy) is 1. The Labute approximate surface area is 179 Å². The first-order chi connectivity index (χ1) is 14.6. The summed E-state index contributed by atoms with van der Waals surface area (Å²) in [4.78, 5) is 4.36. The van der Waals surface area contributed by atoms with Crippen molar-refractivity contribution in [3.05, 3.63) is 65.5 Å². The van der Waals surface area contributed by atoms with Crippen LogP contribution in [0.2, 0.25) is 0 Å². The highest BCUT2D eigenvalue weighted by Gasteiger charge is 2.66. The van der Waals surface area contributed by atoms with Gasteiger partial charge in [-0.15, -0.1) is 0 Å². The van der Waals surface area contributed by atoms with E-state index in [1.807, 2.05) is 12.4 Å². The number of hydrogen-bond acceptors (Lipinski definition) is 2. The molecule has 7 rings (SSSR count). The number of allylic oxidation sites excluding steroid dienone is 1. The molecule has 2 saturated carbocycles. The van der Waals surface area contributed by atoms with Crippen molar-refractivity contribution in [2.24, 2.45) is 11.3 Å². The van der Waals surface area contributed by atoms with Gasteiger partial charge in [0, 0.05) is 17.8 Å². The fraction of sp³-hybridized carbons (Fsp3) is 0.536. The van der Waals surface area contributed by atoms with Crippen molar-refractivity contribution < 1.29 is 4.74 Å². The topological polar surface area (TPSA) is 22.1 Å². The molecule has 1 saturated heterocycles. The van der Waals surface area contributed by atoms with Crippen LogP contribution >= 0.6 is 0 Å². The van der Waals surface area contributed by atoms with Gasteiger partial charge >= 0.3 is 0 Å². The van der Waals surface area contributed by atoms with Gasteiger partial charge in [-0.1, -0.05) is 31.2 Å². The Morgan fingerprint density at radius 2 is 2.00 bits per heavy atom. The van der Waals surface area contributed by atoms with Crippen LogP contribution in [0.25, 0.3) is 10.8 Å². The maximum absolute atomic E-state index is 7.27. The minimum absolute atomic E-state index is 0.0129. The Morgan fingerprint density at radius 3 is 2.97 bits per heavy atom. The van der Waals surface area contributed by atoms with Gasteiger partial charge in [-0.3, -0.25) is 4.98 Å². The van der Waals surface area contributed by atoms with Crippen molar-refractivity contribution in [3.8, 4) is 0 Å². The van der Waals surface area contributed by atoms with E-state index in [2.05, 4.69) is 48.3 Å². The molecule has 3 heterocycles. The van der Waals surface area contributed by atoms with Crippen molar-refractivity contribution in [3.63, 3.8) is 0 Å². The second kappa shape index (κ2) is 5.85. The fourth-order valence-corrected chi connectivity index (χ4v) is 8.23. The number of fused-ring (bicyclic) bond motifs is 2. The van der Waals surface area contributed by atoms with E-state index in [0.717, 1.165) is 0 Å². The standard InChI is InChI=1S/C28H31NO/c1-26-12-9-23-17-22-4-2-3-11-27(22)13-14-28(23,30-27)25(26)8-7-24(26)20-6-5-19-10-15-29-18-21(19)16-20/h5-6,9-10,15-18,24-25H,2-4,7-8,11-14H2,1H3/t24-,25-,26?,27+,28-/m1/s1. The van der Waals surface area contributed by atoms with E-state index in [1.165, 1.54) is 74.1 Å². The first-order valence-corrected chi connectivity index (χ1v) is 12.1. The Kier molecular flexibility index (Phi) is 3.46. The highest BCUT2D eigenvalue weighted by Crippen LogP contribution is 2.69. The number of benzene rings is 1. The molecular formula is C28H31NO. The van der Waals surface area contributed by atoms with Crippen molar-refractivity contribution in [2.75, 3.05) is 0 Å². The Bertz CT molecular complexity index is 1110. The quantitative estimate of drug-likeness (QED) is 0.524. The minimum atomic E-state index is -0.0129. The van der Waals surface area contributed by atoms with Crippen LogP contribution in [0, 0.1) is 11.3 Å². The summed E-state index contributed by atoms with van der Waals surface area (Å²) >= 11 is 0. The lowest BCUT2D eigenvalue weighted by Gasteiger charge is -2.54. The normalized spacial score (nSPS) is 41.6. The lowest BCUT2D eigenvalue weighted by molar-refractivity contribution is -0.133. The molecule has 0 N–H and O–H groups in total. The maximum atomic E-state index is 7.27. The molecule has 154 valence electrons. The number of pyridine rings is 1. The van der Waals surface area contributed by atoms with Crippen LogP contribution in [0.3, 0.4) is 0 Å². The van der Waals surface area contributed by atoms with E-state index in [9.17, 15) is 0 Å². The van der Waals surface area contributed by atoms with Crippen molar-refractivity contribution >= 4 is 10.8 Å². The molecule has 0 amide bonds. The van der Waals surface area contributed by atoms with Crippen molar-refractivity contribution in [2.45, 2.75) is 81.8 Å². The zero-order valence-corrected chi connectivity index (χ0v) is 18.0. The molecule has 2 spiro atoms. The smallest absolute Gasteiger partial charge is 0.0974 e. The summed E-state index contributed by atoms with van der Waals surface area (Å²) in [6, 6.07) is 9.21. The summed E-state index contributed by atoms with van der Waals surface area (Å²) in [6.07, 6.45) is 20.5. The zero-order chi connectivity index (χ0) is 20.0. The maximum Gasteiger partial charge on any atom is 0.0974 e.